The van der Waals surface area contributed by atoms with Crippen molar-refractivity contribution >= 4 is 22.0 Å². The van der Waals surface area contributed by atoms with Gasteiger partial charge in [0.15, 0.2) is 0 Å². The molecule has 0 bridgehead atoms. The molecule has 1 aliphatic heterocycles. The summed E-state index contributed by atoms with van der Waals surface area (Å²) in [4.78, 5) is 14.7. The van der Waals surface area contributed by atoms with Crippen molar-refractivity contribution in [3.8, 4) is 11.3 Å². The highest BCUT2D eigenvalue weighted by Gasteiger charge is 2.29. The van der Waals surface area contributed by atoms with Crippen molar-refractivity contribution in [1.82, 2.24) is 19.0 Å². The predicted molar refractivity (Wildman–Crippen MR) is 139 cm³/mol. The second-order valence-electron chi connectivity index (χ2n) is 8.79. The SMILES string of the molecule is CCS(=O)(=O)N(C)C1CCN(C(=O)/C=C/c2cn(Cc3ccccc3)nc2-c2ccccc2)CC1. The van der Waals surface area contributed by atoms with Crippen LogP contribution in [0.25, 0.3) is 17.3 Å². The van der Waals surface area contributed by atoms with E-state index in [1.807, 2.05) is 65.5 Å². The number of amides is 1. The van der Waals surface area contributed by atoms with Gasteiger partial charge in [0.25, 0.3) is 0 Å². The van der Waals surface area contributed by atoms with Crippen LogP contribution in [0.15, 0.2) is 72.9 Å². The zero-order valence-corrected chi connectivity index (χ0v) is 21.1. The van der Waals surface area contributed by atoms with Crippen molar-refractivity contribution in [2.45, 2.75) is 32.4 Å². The second kappa shape index (κ2) is 11.0. The molecule has 8 heteroatoms. The number of rotatable bonds is 8. The Morgan fingerprint density at radius 2 is 1.69 bits per heavy atom. The Kier molecular flexibility index (Phi) is 7.83. The largest absolute Gasteiger partial charge is 0.339 e. The topological polar surface area (TPSA) is 75.5 Å². The molecule has 0 N–H and O–H groups in total. The van der Waals surface area contributed by atoms with Gasteiger partial charge in [-0.1, -0.05) is 60.7 Å². The number of hydrogen-bond donors (Lipinski definition) is 0. The first-order chi connectivity index (χ1) is 16.9. The van der Waals surface area contributed by atoms with Crippen LogP contribution >= 0.6 is 0 Å². The summed E-state index contributed by atoms with van der Waals surface area (Å²) in [6, 6.07) is 20.0. The lowest BCUT2D eigenvalue weighted by Gasteiger charge is -2.35. The van der Waals surface area contributed by atoms with Gasteiger partial charge in [0, 0.05) is 49.6 Å². The molecule has 35 heavy (non-hydrogen) atoms. The molecule has 1 aliphatic rings. The van der Waals surface area contributed by atoms with Gasteiger partial charge in [-0.05, 0) is 31.4 Å². The van der Waals surface area contributed by atoms with Gasteiger partial charge in [0.05, 0.1) is 18.0 Å². The molecule has 0 atom stereocenters. The first-order valence-corrected chi connectivity index (χ1v) is 13.6. The van der Waals surface area contributed by atoms with Crippen LogP contribution in [0.1, 0.15) is 30.9 Å². The summed E-state index contributed by atoms with van der Waals surface area (Å²) in [6.45, 7) is 3.37. The van der Waals surface area contributed by atoms with Crippen LogP contribution in [0.4, 0.5) is 0 Å². The fourth-order valence-electron chi connectivity index (χ4n) is 4.38. The Bertz CT molecular complexity index is 1260. The number of sulfonamides is 1. The monoisotopic (exact) mass is 492 g/mol. The molecule has 3 aromatic rings. The maximum absolute atomic E-state index is 12.9. The lowest BCUT2D eigenvalue weighted by atomic mass is 10.0. The van der Waals surface area contributed by atoms with Gasteiger partial charge in [-0.2, -0.15) is 5.10 Å². The molecule has 4 rings (SSSR count). The Hall–Kier alpha value is -3.23. The van der Waals surface area contributed by atoms with Crippen LogP contribution in [-0.2, 0) is 21.4 Å². The Morgan fingerprint density at radius 1 is 1.06 bits per heavy atom. The fraction of sp³-hybridized carbons (Fsp3) is 0.333. The highest BCUT2D eigenvalue weighted by atomic mass is 32.2. The maximum Gasteiger partial charge on any atom is 0.246 e. The third-order valence-corrected chi connectivity index (χ3v) is 8.43. The standard InChI is InChI=1S/C27H32N4O3S/c1-3-35(33,34)29(2)25-16-18-30(19-17-25)26(32)15-14-24-21-31(20-22-10-6-4-7-11-22)28-27(24)23-12-8-5-9-13-23/h4-15,21,25H,3,16-20H2,1-2H3/b15-14+. The normalized spacial score (nSPS) is 15.2. The van der Waals surface area contributed by atoms with Crippen molar-refractivity contribution in [2.24, 2.45) is 0 Å². The van der Waals surface area contributed by atoms with Gasteiger partial charge >= 0.3 is 0 Å². The van der Waals surface area contributed by atoms with Gasteiger partial charge in [-0.15, -0.1) is 0 Å². The zero-order chi connectivity index (χ0) is 24.8. The Labute approximate surface area is 207 Å². The van der Waals surface area contributed by atoms with Gasteiger partial charge in [0.1, 0.15) is 0 Å². The molecule has 1 amide bonds. The van der Waals surface area contributed by atoms with E-state index >= 15 is 0 Å². The summed E-state index contributed by atoms with van der Waals surface area (Å²) in [5.74, 6) is 0.0202. The molecular formula is C27H32N4O3S. The molecule has 2 heterocycles. The first kappa shape index (κ1) is 24.9. The average Bonchev–Trinajstić information content (AvgIpc) is 3.30. The smallest absolute Gasteiger partial charge is 0.246 e. The van der Waals surface area contributed by atoms with Crippen LogP contribution in [0.3, 0.4) is 0 Å². The van der Waals surface area contributed by atoms with Gasteiger partial charge in [-0.25, -0.2) is 12.7 Å². The number of likely N-dealkylation sites (tertiary alicyclic amines) is 1. The number of hydrogen-bond acceptors (Lipinski definition) is 4. The summed E-state index contributed by atoms with van der Waals surface area (Å²) in [5, 5.41) is 4.80. The number of carbonyl (C=O) groups is 1. The van der Waals surface area contributed by atoms with E-state index in [9.17, 15) is 13.2 Å². The molecule has 0 saturated carbocycles. The van der Waals surface area contributed by atoms with E-state index in [1.54, 1.807) is 24.9 Å². The molecule has 1 aromatic heterocycles. The van der Waals surface area contributed by atoms with E-state index in [-0.39, 0.29) is 17.7 Å². The van der Waals surface area contributed by atoms with Crippen molar-refractivity contribution in [1.29, 1.82) is 0 Å². The molecule has 0 unspecified atom stereocenters. The van der Waals surface area contributed by atoms with Crippen LogP contribution in [0.5, 0.6) is 0 Å². The quantitative estimate of drug-likeness (QED) is 0.447. The number of nitrogens with zero attached hydrogens (tertiary/aromatic N) is 4. The molecule has 7 nitrogen and oxygen atoms in total. The van der Waals surface area contributed by atoms with Crippen molar-refractivity contribution in [2.75, 3.05) is 25.9 Å². The van der Waals surface area contributed by atoms with Crippen molar-refractivity contribution in [3.05, 3.63) is 84.1 Å². The summed E-state index contributed by atoms with van der Waals surface area (Å²) >= 11 is 0. The summed E-state index contributed by atoms with van der Waals surface area (Å²) in [7, 11) is -1.59. The molecule has 0 spiro atoms. The van der Waals surface area contributed by atoms with Gasteiger partial charge < -0.3 is 4.90 Å². The fourth-order valence-corrected chi connectivity index (χ4v) is 5.45. The Balaban J connectivity index is 1.47. The van der Waals surface area contributed by atoms with Crippen LogP contribution < -0.4 is 0 Å². The molecule has 2 aromatic carbocycles. The predicted octanol–water partition coefficient (Wildman–Crippen LogP) is 3.88. The average molecular weight is 493 g/mol. The van der Waals surface area contributed by atoms with Crippen LogP contribution in [-0.4, -0.2) is 65.2 Å². The summed E-state index contributed by atoms with van der Waals surface area (Å²) in [6.07, 6.45) is 6.68. The third kappa shape index (κ3) is 6.07. The molecular weight excluding hydrogens is 460 g/mol. The molecule has 0 aliphatic carbocycles. The second-order valence-corrected chi connectivity index (χ2v) is 11.1. The molecule has 1 fully saturated rings. The molecule has 184 valence electrons. The highest BCUT2D eigenvalue weighted by Crippen LogP contribution is 2.24. The van der Waals surface area contributed by atoms with Gasteiger partial charge in [-0.3, -0.25) is 9.48 Å². The summed E-state index contributed by atoms with van der Waals surface area (Å²) < 4.78 is 27.7. The number of carbonyl (C=O) groups excluding carboxylic acids is 1. The van der Waals surface area contributed by atoms with E-state index in [4.69, 9.17) is 5.10 Å². The van der Waals surface area contributed by atoms with E-state index in [0.717, 1.165) is 22.4 Å². The highest BCUT2D eigenvalue weighted by molar-refractivity contribution is 7.89. The minimum Gasteiger partial charge on any atom is -0.339 e. The molecule has 1 saturated heterocycles. The van der Waals surface area contributed by atoms with E-state index in [2.05, 4.69) is 12.1 Å². The van der Waals surface area contributed by atoms with E-state index in [1.165, 1.54) is 4.31 Å². The number of aromatic nitrogens is 2. The van der Waals surface area contributed by atoms with Crippen molar-refractivity contribution in [3.63, 3.8) is 0 Å². The maximum atomic E-state index is 12.9. The molecule has 0 radical (unpaired) electrons. The van der Waals surface area contributed by atoms with E-state index in [0.29, 0.717) is 32.5 Å². The lowest BCUT2D eigenvalue weighted by molar-refractivity contribution is -0.127. The van der Waals surface area contributed by atoms with E-state index < -0.39 is 10.0 Å². The lowest BCUT2D eigenvalue weighted by Crippen LogP contribution is -2.47. The van der Waals surface area contributed by atoms with Crippen molar-refractivity contribution < 1.29 is 13.2 Å². The third-order valence-electron chi connectivity index (χ3n) is 6.52. The zero-order valence-electron chi connectivity index (χ0n) is 20.2. The van der Waals surface area contributed by atoms with Crippen LogP contribution in [0, 0.1) is 0 Å². The minimum absolute atomic E-state index is 0.0612. The number of piperidine rings is 1. The summed E-state index contributed by atoms with van der Waals surface area (Å²) in [5.41, 5.74) is 3.85. The van der Waals surface area contributed by atoms with Gasteiger partial charge in [0.2, 0.25) is 15.9 Å². The first-order valence-electron chi connectivity index (χ1n) is 12.0. The van der Waals surface area contributed by atoms with Crippen LogP contribution in [0.2, 0.25) is 0 Å². The minimum atomic E-state index is -3.23. The Morgan fingerprint density at radius 3 is 2.31 bits per heavy atom. The number of benzene rings is 2.